The molecule has 0 amide bonds. The molecule has 2 unspecified atom stereocenters. The minimum Gasteiger partial charge on any atom is -0.373 e. The van der Waals surface area contributed by atoms with E-state index in [-0.39, 0.29) is 6.10 Å². The van der Waals surface area contributed by atoms with E-state index in [0.29, 0.717) is 12.6 Å². The predicted octanol–water partition coefficient (Wildman–Crippen LogP) is 0.338. The van der Waals surface area contributed by atoms with Crippen molar-refractivity contribution in [3.63, 3.8) is 0 Å². The minimum atomic E-state index is 0.241. The van der Waals surface area contributed by atoms with E-state index in [0.717, 1.165) is 37.9 Å². The second-order valence-electron chi connectivity index (χ2n) is 6.27. The number of rotatable bonds is 5. The quantitative estimate of drug-likeness (QED) is 0.605. The van der Waals surface area contributed by atoms with Gasteiger partial charge in [-0.15, -0.1) is 0 Å². The minimum absolute atomic E-state index is 0.241. The van der Waals surface area contributed by atoms with Crippen LogP contribution in [0.1, 0.15) is 25.5 Å². The van der Waals surface area contributed by atoms with E-state index in [2.05, 4.69) is 32.5 Å². The average molecular weight is 320 g/mol. The number of morpholine rings is 1. The van der Waals surface area contributed by atoms with E-state index in [1.807, 2.05) is 17.8 Å². The monoisotopic (exact) mass is 320 g/mol. The van der Waals surface area contributed by atoms with Gasteiger partial charge in [0, 0.05) is 38.9 Å². The maximum absolute atomic E-state index is 5.99. The number of aryl methyl sites for hydroxylation is 1. The maximum atomic E-state index is 5.99. The smallest absolute Gasteiger partial charge is 0.191 e. The number of guanidine groups is 1. The molecule has 2 aliphatic heterocycles. The number of fused-ring (bicyclic) bond motifs is 1. The number of nitrogens with one attached hydrogen (secondary N) is 2. The van der Waals surface area contributed by atoms with Crippen molar-refractivity contribution in [3.8, 4) is 0 Å². The standard InChI is InChI=1S/C16H28N6O/c1-3-17-16(18-9-13-6-7-20-21(13)2)19-10-15-11-22-8-4-5-14(22)12-23-15/h6-7,14-15H,3-5,8-12H2,1-2H3,(H2,17,18,19). The first-order valence-electron chi connectivity index (χ1n) is 8.61. The molecule has 3 rings (SSSR count). The molecule has 1 aromatic rings. The van der Waals surface area contributed by atoms with Crippen LogP contribution in [0, 0.1) is 0 Å². The van der Waals surface area contributed by atoms with Gasteiger partial charge in [-0.2, -0.15) is 5.10 Å². The lowest BCUT2D eigenvalue weighted by Crippen LogP contribution is -2.51. The van der Waals surface area contributed by atoms with Crippen LogP contribution in [0.2, 0.25) is 0 Å². The van der Waals surface area contributed by atoms with Gasteiger partial charge in [0.05, 0.1) is 24.9 Å². The van der Waals surface area contributed by atoms with E-state index in [9.17, 15) is 0 Å². The Morgan fingerprint density at radius 1 is 1.48 bits per heavy atom. The van der Waals surface area contributed by atoms with Crippen molar-refractivity contribution in [2.75, 3.05) is 32.8 Å². The zero-order chi connectivity index (χ0) is 16.1. The summed E-state index contributed by atoms with van der Waals surface area (Å²) < 4.78 is 7.84. The van der Waals surface area contributed by atoms with E-state index >= 15 is 0 Å². The lowest BCUT2D eigenvalue weighted by molar-refractivity contribution is -0.0453. The molecule has 0 aliphatic carbocycles. The van der Waals surface area contributed by atoms with Crippen LogP contribution in [0.4, 0.5) is 0 Å². The molecular formula is C16H28N6O. The van der Waals surface area contributed by atoms with Gasteiger partial charge in [-0.05, 0) is 32.4 Å². The molecule has 1 aromatic heterocycles. The van der Waals surface area contributed by atoms with Crippen LogP contribution in [-0.4, -0.2) is 65.6 Å². The Morgan fingerprint density at radius 2 is 2.39 bits per heavy atom. The number of ether oxygens (including phenoxy) is 1. The summed E-state index contributed by atoms with van der Waals surface area (Å²) in [5.41, 5.74) is 1.09. The molecule has 0 radical (unpaired) electrons. The summed E-state index contributed by atoms with van der Waals surface area (Å²) in [5, 5.41) is 10.9. The highest BCUT2D eigenvalue weighted by Crippen LogP contribution is 2.22. The number of hydrogen-bond acceptors (Lipinski definition) is 4. The fraction of sp³-hybridized carbons (Fsp3) is 0.750. The Bertz CT molecular complexity index is 528. The van der Waals surface area contributed by atoms with Crippen LogP contribution >= 0.6 is 0 Å². The molecule has 3 heterocycles. The van der Waals surface area contributed by atoms with E-state index in [1.165, 1.54) is 19.4 Å². The largest absolute Gasteiger partial charge is 0.373 e. The van der Waals surface area contributed by atoms with Gasteiger partial charge in [-0.25, -0.2) is 4.99 Å². The van der Waals surface area contributed by atoms with Crippen molar-refractivity contribution in [2.45, 2.75) is 38.5 Å². The molecule has 2 atom stereocenters. The third-order valence-corrected chi connectivity index (χ3v) is 4.62. The SMILES string of the molecule is CCNC(=NCc1ccnn1C)NCC1CN2CCCC2CO1. The molecule has 7 heteroatoms. The summed E-state index contributed by atoms with van der Waals surface area (Å²) in [4.78, 5) is 7.20. The van der Waals surface area contributed by atoms with Gasteiger partial charge < -0.3 is 15.4 Å². The van der Waals surface area contributed by atoms with Gasteiger partial charge in [-0.1, -0.05) is 0 Å². The number of hydrogen-bond donors (Lipinski definition) is 2. The van der Waals surface area contributed by atoms with Gasteiger partial charge in [0.15, 0.2) is 5.96 Å². The molecule has 0 spiro atoms. The maximum Gasteiger partial charge on any atom is 0.191 e. The zero-order valence-electron chi connectivity index (χ0n) is 14.2. The Balaban J connectivity index is 1.50. The molecular weight excluding hydrogens is 292 g/mol. The normalized spacial score (nSPS) is 25.4. The Labute approximate surface area is 138 Å². The first kappa shape index (κ1) is 16.3. The molecule has 2 fully saturated rings. The van der Waals surface area contributed by atoms with Gasteiger partial charge in [0.2, 0.25) is 0 Å². The fourth-order valence-corrected chi connectivity index (χ4v) is 3.28. The van der Waals surface area contributed by atoms with Crippen molar-refractivity contribution >= 4 is 5.96 Å². The van der Waals surface area contributed by atoms with Crippen LogP contribution in [0.15, 0.2) is 17.3 Å². The Kier molecular flexibility index (Phi) is 5.51. The Hall–Kier alpha value is -1.60. The van der Waals surface area contributed by atoms with E-state index in [4.69, 9.17) is 4.74 Å². The second kappa shape index (κ2) is 7.79. The molecule has 128 valence electrons. The first-order chi connectivity index (χ1) is 11.3. The van der Waals surface area contributed by atoms with Crippen LogP contribution in [0.3, 0.4) is 0 Å². The van der Waals surface area contributed by atoms with Crippen molar-refractivity contribution in [3.05, 3.63) is 18.0 Å². The van der Waals surface area contributed by atoms with E-state index in [1.54, 1.807) is 6.20 Å². The first-order valence-corrected chi connectivity index (χ1v) is 8.61. The summed E-state index contributed by atoms with van der Waals surface area (Å²) >= 11 is 0. The lowest BCUT2D eigenvalue weighted by atomic mass is 10.2. The highest BCUT2D eigenvalue weighted by molar-refractivity contribution is 5.79. The van der Waals surface area contributed by atoms with Gasteiger partial charge in [0.25, 0.3) is 0 Å². The average Bonchev–Trinajstić information content (AvgIpc) is 3.18. The summed E-state index contributed by atoms with van der Waals surface area (Å²) in [6, 6.07) is 2.64. The lowest BCUT2D eigenvalue weighted by Gasteiger charge is -2.35. The zero-order valence-corrected chi connectivity index (χ0v) is 14.2. The summed E-state index contributed by atoms with van der Waals surface area (Å²) in [6.45, 7) is 7.45. The summed E-state index contributed by atoms with van der Waals surface area (Å²) in [5.74, 6) is 0.834. The molecule has 7 nitrogen and oxygen atoms in total. The number of aliphatic imine (C=N–C) groups is 1. The molecule has 2 aliphatic rings. The van der Waals surface area contributed by atoms with Crippen molar-refractivity contribution < 1.29 is 4.74 Å². The van der Waals surface area contributed by atoms with E-state index < -0.39 is 0 Å². The second-order valence-corrected chi connectivity index (χ2v) is 6.27. The number of nitrogens with zero attached hydrogens (tertiary/aromatic N) is 4. The van der Waals surface area contributed by atoms with Gasteiger partial charge >= 0.3 is 0 Å². The molecule has 0 aromatic carbocycles. The highest BCUT2D eigenvalue weighted by Gasteiger charge is 2.32. The van der Waals surface area contributed by atoms with Crippen molar-refractivity contribution in [2.24, 2.45) is 12.0 Å². The van der Waals surface area contributed by atoms with Crippen molar-refractivity contribution in [1.82, 2.24) is 25.3 Å². The van der Waals surface area contributed by atoms with Crippen molar-refractivity contribution in [1.29, 1.82) is 0 Å². The third kappa shape index (κ3) is 4.23. The van der Waals surface area contributed by atoms with Crippen LogP contribution in [0.5, 0.6) is 0 Å². The van der Waals surface area contributed by atoms with Crippen LogP contribution in [-0.2, 0) is 18.3 Å². The van der Waals surface area contributed by atoms with Crippen LogP contribution < -0.4 is 10.6 Å². The molecule has 23 heavy (non-hydrogen) atoms. The number of aromatic nitrogens is 2. The summed E-state index contributed by atoms with van der Waals surface area (Å²) in [6.07, 6.45) is 4.63. The van der Waals surface area contributed by atoms with Gasteiger partial charge in [0.1, 0.15) is 0 Å². The Morgan fingerprint density at radius 3 is 3.17 bits per heavy atom. The topological polar surface area (TPSA) is 66.7 Å². The molecule has 0 bridgehead atoms. The molecule has 2 saturated heterocycles. The third-order valence-electron chi connectivity index (χ3n) is 4.62. The van der Waals surface area contributed by atoms with Crippen LogP contribution in [0.25, 0.3) is 0 Å². The fourth-order valence-electron chi connectivity index (χ4n) is 3.28. The molecule has 2 N–H and O–H groups in total. The highest BCUT2D eigenvalue weighted by atomic mass is 16.5. The molecule has 0 saturated carbocycles. The summed E-state index contributed by atoms with van der Waals surface area (Å²) in [7, 11) is 1.94. The van der Waals surface area contributed by atoms with Gasteiger partial charge in [-0.3, -0.25) is 9.58 Å². The predicted molar refractivity (Wildman–Crippen MR) is 90.4 cm³/mol.